The summed E-state index contributed by atoms with van der Waals surface area (Å²) in [4.78, 5) is 17.3. The van der Waals surface area contributed by atoms with Crippen molar-refractivity contribution in [2.75, 3.05) is 45.2 Å². The number of piperidine rings is 1. The van der Waals surface area contributed by atoms with Crippen LogP contribution < -0.4 is 15.1 Å². The van der Waals surface area contributed by atoms with Gasteiger partial charge in [-0.3, -0.25) is 4.79 Å². The van der Waals surface area contributed by atoms with Crippen molar-refractivity contribution in [1.29, 1.82) is 0 Å². The predicted octanol–water partition coefficient (Wildman–Crippen LogP) is 4.10. The Morgan fingerprint density at radius 2 is 1.83 bits per heavy atom. The van der Waals surface area contributed by atoms with Gasteiger partial charge in [0.05, 0.1) is 12.5 Å². The van der Waals surface area contributed by atoms with E-state index in [0.29, 0.717) is 11.1 Å². The molecule has 4 rings (SSSR count). The summed E-state index contributed by atoms with van der Waals surface area (Å²) in [7, 11) is 3.54. The van der Waals surface area contributed by atoms with Gasteiger partial charge in [-0.1, -0.05) is 6.42 Å². The summed E-state index contributed by atoms with van der Waals surface area (Å²) in [5.74, 6) is 0.551. The van der Waals surface area contributed by atoms with Crippen LogP contribution in [0.2, 0.25) is 0 Å². The quantitative estimate of drug-likeness (QED) is 0.663. The molecule has 1 saturated heterocycles. The highest BCUT2D eigenvalue weighted by molar-refractivity contribution is 5.86. The van der Waals surface area contributed by atoms with Crippen molar-refractivity contribution < 1.29 is 14.3 Å². The molecule has 0 amide bonds. The van der Waals surface area contributed by atoms with Crippen LogP contribution in [0.3, 0.4) is 0 Å². The van der Waals surface area contributed by atoms with Crippen molar-refractivity contribution in [3.8, 4) is 22.8 Å². The lowest BCUT2D eigenvalue weighted by molar-refractivity contribution is 0.234. The molecule has 30 heavy (non-hydrogen) atoms. The van der Waals surface area contributed by atoms with Crippen molar-refractivity contribution in [2.45, 2.75) is 19.3 Å². The van der Waals surface area contributed by atoms with Crippen LogP contribution in [0.15, 0.2) is 51.7 Å². The Bertz CT molecular complexity index is 1070. The number of ether oxygens (including phenoxy) is 1. The molecule has 1 aliphatic rings. The lowest BCUT2D eigenvalue weighted by Gasteiger charge is -2.29. The van der Waals surface area contributed by atoms with Gasteiger partial charge in [0, 0.05) is 37.5 Å². The predicted molar refractivity (Wildman–Crippen MR) is 120 cm³/mol. The van der Waals surface area contributed by atoms with Crippen LogP contribution in [0.1, 0.15) is 19.3 Å². The van der Waals surface area contributed by atoms with Crippen LogP contribution in [-0.4, -0.2) is 50.3 Å². The fraction of sp³-hybridized carbons (Fsp3) is 0.375. The van der Waals surface area contributed by atoms with E-state index in [-0.39, 0.29) is 22.5 Å². The van der Waals surface area contributed by atoms with Crippen LogP contribution in [0, 0.1) is 0 Å². The average Bonchev–Trinajstić information content (AvgIpc) is 2.78. The van der Waals surface area contributed by atoms with E-state index in [1.807, 2.05) is 24.3 Å². The van der Waals surface area contributed by atoms with E-state index in [1.165, 1.54) is 51.6 Å². The molecule has 0 radical (unpaired) electrons. The van der Waals surface area contributed by atoms with Gasteiger partial charge < -0.3 is 24.1 Å². The lowest BCUT2D eigenvalue weighted by Crippen LogP contribution is -2.36. The Morgan fingerprint density at radius 3 is 2.53 bits per heavy atom. The van der Waals surface area contributed by atoms with Crippen LogP contribution in [0.4, 0.5) is 5.69 Å². The van der Waals surface area contributed by atoms with Crippen molar-refractivity contribution in [3.05, 3.63) is 52.7 Å². The number of nitrogens with zero attached hydrogens (tertiary/aromatic N) is 2. The summed E-state index contributed by atoms with van der Waals surface area (Å²) in [5.41, 5.74) is 2.00. The standard InChI is InChI=1S/C24H28N2O4/c1-25(14-15-26-12-4-3-5-13-26)18-8-6-17(7-9-18)22-16-21(28)19-10-11-20(27)24(29-2)23(19)30-22/h6-11,16,27H,3-5,12-15H2,1-2H3. The molecule has 3 aromatic rings. The third kappa shape index (κ3) is 4.14. The fourth-order valence-electron chi connectivity index (χ4n) is 4.01. The summed E-state index contributed by atoms with van der Waals surface area (Å²) in [5, 5.41) is 10.4. The summed E-state index contributed by atoms with van der Waals surface area (Å²) in [6.45, 7) is 4.45. The van der Waals surface area contributed by atoms with Crippen LogP contribution in [0.25, 0.3) is 22.3 Å². The number of rotatable bonds is 6. The Morgan fingerprint density at radius 1 is 1.10 bits per heavy atom. The molecule has 158 valence electrons. The van der Waals surface area contributed by atoms with Gasteiger partial charge in [-0.2, -0.15) is 0 Å². The monoisotopic (exact) mass is 408 g/mol. The zero-order chi connectivity index (χ0) is 21.1. The number of phenols is 1. The van der Waals surface area contributed by atoms with E-state index in [0.717, 1.165) is 24.3 Å². The molecule has 0 spiro atoms. The fourth-order valence-corrected chi connectivity index (χ4v) is 4.01. The van der Waals surface area contributed by atoms with E-state index < -0.39 is 0 Å². The summed E-state index contributed by atoms with van der Waals surface area (Å²) >= 11 is 0. The molecular weight excluding hydrogens is 380 g/mol. The molecule has 0 unspecified atom stereocenters. The summed E-state index contributed by atoms with van der Waals surface area (Å²) in [6.07, 6.45) is 3.96. The van der Waals surface area contributed by atoms with Gasteiger partial charge in [-0.15, -0.1) is 0 Å². The molecule has 1 aliphatic heterocycles. The van der Waals surface area contributed by atoms with Gasteiger partial charge in [0.15, 0.2) is 16.8 Å². The van der Waals surface area contributed by atoms with Crippen molar-refractivity contribution in [3.63, 3.8) is 0 Å². The number of hydrogen-bond acceptors (Lipinski definition) is 6. The van der Waals surface area contributed by atoms with Crippen LogP contribution in [0.5, 0.6) is 11.5 Å². The van der Waals surface area contributed by atoms with E-state index in [2.05, 4.69) is 16.8 Å². The molecule has 0 atom stereocenters. The van der Waals surface area contributed by atoms with E-state index in [4.69, 9.17) is 9.15 Å². The maximum Gasteiger partial charge on any atom is 0.204 e. The van der Waals surface area contributed by atoms with Gasteiger partial charge in [0.1, 0.15) is 5.76 Å². The van der Waals surface area contributed by atoms with Gasteiger partial charge in [-0.25, -0.2) is 0 Å². The minimum absolute atomic E-state index is 0.0593. The molecule has 1 fully saturated rings. The average molecular weight is 408 g/mol. The van der Waals surface area contributed by atoms with E-state index in [1.54, 1.807) is 6.07 Å². The van der Waals surface area contributed by atoms with Gasteiger partial charge in [-0.05, 0) is 62.3 Å². The number of hydrogen-bond donors (Lipinski definition) is 1. The zero-order valence-corrected chi connectivity index (χ0v) is 17.6. The molecule has 1 aromatic heterocycles. The Kier molecular flexibility index (Phi) is 5.95. The first kappa shape index (κ1) is 20.3. The van der Waals surface area contributed by atoms with E-state index >= 15 is 0 Å². The second kappa shape index (κ2) is 8.79. The number of methoxy groups -OCH3 is 1. The van der Waals surface area contributed by atoms with Gasteiger partial charge in [0.2, 0.25) is 5.75 Å². The number of aromatic hydroxyl groups is 1. The minimum atomic E-state index is -0.174. The smallest absolute Gasteiger partial charge is 0.204 e. The van der Waals surface area contributed by atoms with Crippen molar-refractivity contribution >= 4 is 16.7 Å². The molecule has 1 N–H and O–H groups in total. The highest BCUT2D eigenvalue weighted by Gasteiger charge is 2.15. The maximum atomic E-state index is 12.6. The molecule has 2 heterocycles. The van der Waals surface area contributed by atoms with Crippen molar-refractivity contribution in [1.82, 2.24) is 4.90 Å². The lowest BCUT2D eigenvalue weighted by atomic mass is 10.1. The van der Waals surface area contributed by atoms with Crippen molar-refractivity contribution in [2.24, 2.45) is 0 Å². The summed E-state index contributed by atoms with van der Waals surface area (Å²) in [6, 6.07) is 12.4. The number of benzene rings is 2. The number of likely N-dealkylation sites (N-methyl/N-ethyl adjacent to an activating group) is 1. The number of anilines is 1. The highest BCUT2D eigenvalue weighted by Crippen LogP contribution is 2.35. The van der Waals surface area contributed by atoms with Gasteiger partial charge >= 0.3 is 0 Å². The molecule has 6 heteroatoms. The third-order valence-corrected chi connectivity index (χ3v) is 5.83. The largest absolute Gasteiger partial charge is 0.504 e. The molecule has 0 bridgehead atoms. The highest BCUT2D eigenvalue weighted by atomic mass is 16.5. The number of phenolic OH excluding ortho intramolecular Hbond substituents is 1. The topological polar surface area (TPSA) is 66.2 Å². The SMILES string of the molecule is COc1c(O)ccc2c(=O)cc(-c3ccc(N(C)CCN4CCCCC4)cc3)oc12. The molecular formula is C24H28N2O4. The Labute approximate surface area is 176 Å². The molecule has 6 nitrogen and oxygen atoms in total. The molecule has 0 aliphatic carbocycles. The zero-order valence-electron chi connectivity index (χ0n) is 17.6. The van der Waals surface area contributed by atoms with Crippen LogP contribution >= 0.6 is 0 Å². The van der Waals surface area contributed by atoms with Gasteiger partial charge in [0.25, 0.3) is 0 Å². The Balaban J connectivity index is 1.55. The number of likely N-dealkylation sites (tertiary alicyclic amines) is 1. The summed E-state index contributed by atoms with van der Waals surface area (Å²) < 4.78 is 11.2. The number of fused-ring (bicyclic) bond motifs is 1. The maximum absolute atomic E-state index is 12.6. The normalized spacial score (nSPS) is 14.7. The first-order chi connectivity index (χ1) is 14.6. The first-order valence-corrected chi connectivity index (χ1v) is 10.4. The van der Waals surface area contributed by atoms with E-state index in [9.17, 15) is 9.90 Å². The minimum Gasteiger partial charge on any atom is -0.504 e. The third-order valence-electron chi connectivity index (χ3n) is 5.83. The van der Waals surface area contributed by atoms with Crippen LogP contribution in [-0.2, 0) is 0 Å². The first-order valence-electron chi connectivity index (χ1n) is 10.4. The second-order valence-electron chi connectivity index (χ2n) is 7.84. The second-order valence-corrected chi connectivity index (χ2v) is 7.84. The molecule has 2 aromatic carbocycles. The Hall–Kier alpha value is -2.99. The molecule has 0 saturated carbocycles.